The normalized spacial score (nSPS) is 10.8. The topological polar surface area (TPSA) is 28.7 Å². The quantitative estimate of drug-likeness (QED) is 0.678. The van der Waals surface area contributed by atoms with Crippen molar-refractivity contribution >= 4 is 23.2 Å². The number of aryl methyl sites for hydroxylation is 1. The minimum atomic E-state index is 0.696. The van der Waals surface area contributed by atoms with E-state index in [9.17, 15) is 0 Å². The van der Waals surface area contributed by atoms with Crippen LogP contribution in [0.5, 0.6) is 0 Å². The molecule has 100 valence electrons. The van der Waals surface area contributed by atoms with Crippen molar-refractivity contribution in [3.05, 3.63) is 64.3 Å². The maximum Gasteiger partial charge on any atom is 0.139 e. The maximum absolute atomic E-state index is 6.26. The van der Waals surface area contributed by atoms with Crippen LogP contribution in [0.1, 0.15) is 5.56 Å². The van der Waals surface area contributed by atoms with Crippen molar-refractivity contribution in [2.75, 3.05) is 0 Å². The second kappa shape index (κ2) is 5.31. The molecular weight excluding hydrogens is 291 g/mol. The average Bonchev–Trinajstić information content (AvgIpc) is 2.89. The fraction of sp³-hybridized carbons (Fsp3) is 0.0625. The highest BCUT2D eigenvalue weighted by atomic mass is 35.5. The predicted octanol–water partition coefficient (Wildman–Crippen LogP) is 5.36. The number of imidazole rings is 1. The van der Waals surface area contributed by atoms with Crippen molar-refractivity contribution in [3.8, 4) is 22.6 Å². The van der Waals surface area contributed by atoms with Gasteiger partial charge in [-0.2, -0.15) is 0 Å². The van der Waals surface area contributed by atoms with Gasteiger partial charge >= 0.3 is 0 Å². The Balaban J connectivity index is 2.04. The summed E-state index contributed by atoms with van der Waals surface area (Å²) in [5, 5.41) is 1.41. The number of hydrogen-bond acceptors (Lipinski definition) is 1. The second-order valence-corrected chi connectivity index (χ2v) is 5.43. The molecule has 0 atom stereocenters. The van der Waals surface area contributed by atoms with Gasteiger partial charge in [-0.25, -0.2) is 4.98 Å². The van der Waals surface area contributed by atoms with Gasteiger partial charge in [0.2, 0.25) is 0 Å². The fourth-order valence-corrected chi connectivity index (χ4v) is 2.59. The molecule has 3 rings (SSSR count). The second-order valence-electron chi connectivity index (χ2n) is 4.58. The molecule has 1 aromatic heterocycles. The lowest BCUT2D eigenvalue weighted by Crippen LogP contribution is -1.87. The molecule has 0 unspecified atom stereocenters. The van der Waals surface area contributed by atoms with Gasteiger partial charge in [-0.15, -0.1) is 0 Å². The highest BCUT2D eigenvalue weighted by Gasteiger charge is 2.11. The predicted molar refractivity (Wildman–Crippen MR) is 84.2 cm³/mol. The first kappa shape index (κ1) is 13.2. The summed E-state index contributed by atoms with van der Waals surface area (Å²) in [6, 6.07) is 13.5. The molecule has 0 aliphatic heterocycles. The van der Waals surface area contributed by atoms with Crippen molar-refractivity contribution < 1.29 is 0 Å². The number of hydrogen-bond donors (Lipinski definition) is 1. The van der Waals surface area contributed by atoms with Crippen LogP contribution in [0.15, 0.2) is 48.7 Å². The SMILES string of the molecule is Cc1cccc(Cl)c1-c1ncc(-c2ccc(Cl)cc2)[nH]1. The Morgan fingerprint density at radius 2 is 1.75 bits per heavy atom. The molecule has 0 bridgehead atoms. The van der Waals surface area contributed by atoms with E-state index in [0.717, 1.165) is 33.2 Å². The summed E-state index contributed by atoms with van der Waals surface area (Å²) in [5.74, 6) is 0.776. The molecule has 0 aliphatic carbocycles. The third-order valence-electron chi connectivity index (χ3n) is 3.19. The third-order valence-corrected chi connectivity index (χ3v) is 3.76. The van der Waals surface area contributed by atoms with Crippen LogP contribution in [0.3, 0.4) is 0 Å². The van der Waals surface area contributed by atoms with Gasteiger partial charge in [0.1, 0.15) is 5.82 Å². The molecule has 4 heteroatoms. The molecule has 2 aromatic carbocycles. The molecule has 1 heterocycles. The number of halogens is 2. The first-order valence-electron chi connectivity index (χ1n) is 6.21. The van der Waals surface area contributed by atoms with Gasteiger partial charge in [0.05, 0.1) is 16.9 Å². The summed E-state index contributed by atoms with van der Waals surface area (Å²) in [5.41, 5.74) is 4.01. The fourth-order valence-electron chi connectivity index (χ4n) is 2.16. The van der Waals surface area contributed by atoms with E-state index in [-0.39, 0.29) is 0 Å². The van der Waals surface area contributed by atoms with Crippen molar-refractivity contribution in [2.24, 2.45) is 0 Å². The van der Waals surface area contributed by atoms with Gasteiger partial charge in [-0.05, 0) is 36.2 Å². The molecule has 3 aromatic rings. The molecule has 0 amide bonds. The highest BCUT2D eigenvalue weighted by molar-refractivity contribution is 6.33. The molecule has 0 saturated carbocycles. The first-order chi connectivity index (χ1) is 9.65. The van der Waals surface area contributed by atoms with Gasteiger partial charge in [0.25, 0.3) is 0 Å². The minimum Gasteiger partial charge on any atom is -0.338 e. The van der Waals surface area contributed by atoms with E-state index in [1.165, 1.54) is 0 Å². The van der Waals surface area contributed by atoms with Crippen LogP contribution in [-0.2, 0) is 0 Å². The Bertz CT molecular complexity index is 725. The van der Waals surface area contributed by atoms with Crippen LogP contribution >= 0.6 is 23.2 Å². The lowest BCUT2D eigenvalue weighted by atomic mass is 10.1. The van der Waals surface area contributed by atoms with Gasteiger partial charge in [-0.1, -0.05) is 47.5 Å². The molecule has 0 spiro atoms. The third kappa shape index (κ3) is 2.45. The summed E-state index contributed by atoms with van der Waals surface area (Å²) in [7, 11) is 0. The zero-order valence-electron chi connectivity index (χ0n) is 10.8. The summed E-state index contributed by atoms with van der Waals surface area (Å²) in [6.45, 7) is 2.02. The van der Waals surface area contributed by atoms with Crippen LogP contribution in [0.2, 0.25) is 10.0 Å². The number of nitrogens with one attached hydrogen (secondary N) is 1. The van der Waals surface area contributed by atoms with E-state index in [0.29, 0.717) is 5.02 Å². The number of aromatic amines is 1. The van der Waals surface area contributed by atoms with E-state index in [1.807, 2.05) is 49.4 Å². The van der Waals surface area contributed by atoms with Crippen LogP contribution in [0, 0.1) is 6.92 Å². The van der Waals surface area contributed by atoms with Gasteiger partial charge in [-0.3, -0.25) is 0 Å². The molecule has 0 aliphatic rings. The number of nitrogens with zero attached hydrogens (tertiary/aromatic N) is 1. The summed E-state index contributed by atoms with van der Waals surface area (Å²) < 4.78 is 0. The van der Waals surface area contributed by atoms with Crippen molar-refractivity contribution in [2.45, 2.75) is 6.92 Å². The van der Waals surface area contributed by atoms with E-state index >= 15 is 0 Å². The van der Waals surface area contributed by atoms with Gasteiger partial charge in [0.15, 0.2) is 0 Å². The zero-order chi connectivity index (χ0) is 14.1. The molecule has 2 nitrogen and oxygen atoms in total. The van der Waals surface area contributed by atoms with E-state index < -0.39 is 0 Å². The smallest absolute Gasteiger partial charge is 0.139 e. The Kier molecular flexibility index (Phi) is 3.51. The maximum atomic E-state index is 6.26. The monoisotopic (exact) mass is 302 g/mol. The number of H-pyrrole nitrogens is 1. The molecule has 0 fully saturated rings. The number of aromatic nitrogens is 2. The van der Waals surface area contributed by atoms with E-state index in [1.54, 1.807) is 6.20 Å². The Labute approximate surface area is 127 Å². The minimum absolute atomic E-state index is 0.696. The van der Waals surface area contributed by atoms with Crippen LogP contribution in [-0.4, -0.2) is 9.97 Å². The van der Waals surface area contributed by atoms with Gasteiger partial charge < -0.3 is 4.98 Å². The summed E-state index contributed by atoms with van der Waals surface area (Å²) in [4.78, 5) is 7.74. The van der Waals surface area contributed by atoms with Crippen molar-refractivity contribution in [1.82, 2.24) is 9.97 Å². The standard InChI is InChI=1S/C16H12Cl2N2/c1-10-3-2-4-13(18)15(10)16-19-9-14(20-16)11-5-7-12(17)8-6-11/h2-9H,1H3,(H,19,20). The molecule has 0 saturated heterocycles. The molecule has 0 radical (unpaired) electrons. The summed E-state index contributed by atoms with van der Waals surface area (Å²) >= 11 is 12.2. The van der Waals surface area contributed by atoms with Crippen molar-refractivity contribution in [3.63, 3.8) is 0 Å². The van der Waals surface area contributed by atoms with E-state index in [2.05, 4.69) is 9.97 Å². The van der Waals surface area contributed by atoms with Crippen molar-refractivity contribution in [1.29, 1.82) is 0 Å². The number of benzene rings is 2. The Hall–Kier alpha value is -1.77. The molecular formula is C16H12Cl2N2. The largest absolute Gasteiger partial charge is 0.338 e. The summed E-state index contributed by atoms with van der Waals surface area (Å²) in [6.07, 6.45) is 1.81. The number of rotatable bonds is 2. The van der Waals surface area contributed by atoms with Crippen LogP contribution < -0.4 is 0 Å². The van der Waals surface area contributed by atoms with Gasteiger partial charge in [0, 0.05) is 10.6 Å². The zero-order valence-corrected chi connectivity index (χ0v) is 12.3. The van der Waals surface area contributed by atoms with E-state index in [4.69, 9.17) is 23.2 Å². The lowest BCUT2D eigenvalue weighted by molar-refractivity contribution is 1.29. The molecule has 1 N–H and O–H groups in total. The van der Waals surface area contributed by atoms with Crippen LogP contribution in [0.25, 0.3) is 22.6 Å². The highest BCUT2D eigenvalue weighted by Crippen LogP contribution is 2.30. The Morgan fingerprint density at radius 1 is 1.00 bits per heavy atom. The lowest BCUT2D eigenvalue weighted by Gasteiger charge is -2.04. The first-order valence-corrected chi connectivity index (χ1v) is 6.97. The van der Waals surface area contributed by atoms with Crippen LogP contribution in [0.4, 0.5) is 0 Å². The average molecular weight is 303 g/mol. The Morgan fingerprint density at radius 3 is 2.45 bits per heavy atom. The molecule has 20 heavy (non-hydrogen) atoms.